The summed E-state index contributed by atoms with van der Waals surface area (Å²) in [6.07, 6.45) is 7.68. The number of amides is 1. The topological polar surface area (TPSA) is 109 Å². The fraction of sp³-hybridized carbons (Fsp3) is 0.615. The lowest BCUT2D eigenvalue weighted by Gasteiger charge is -2.26. The molecule has 10 nitrogen and oxygen atoms in total. The Bertz CT molecular complexity index is 1100. The first kappa shape index (κ1) is 26.1. The van der Waals surface area contributed by atoms with E-state index < -0.39 is 0 Å². The quantitative estimate of drug-likeness (QED) is 0.430. The molecule has 1 saturated heterocycles. The van der Waals surface area contributed by atoms with Crippen molar-refractivity contribution in [1.82, 2.24) is 24.7 Å². The van der Waals surface area contributed by atoms with Crippen LogP contribution < -0.4 is 5.32 Å². The standard InChI is InChI=1S/C26H39N7O3/c1-17(16-36-5)29-26(27-3)30-33-18(2)23(11-24(33)20-6-8-22(34)9-7-20)21-12-28-32(15-21)14-19-10-25(35)31(4)13-19/h11-12,15,17,19-20,22,34H,3,6-10,13-14,16H2,1-2,4-5H3,(H,29,30)/t17-,19-,20-,22-/m0/s1. The molecule has 1 aliphatic heterocycles. The Labute approximate surface area is 213 Å². The molecule has 2 aromatic rings. The Morgan fingerprint density at radius 2 is 2.11 bits per heavy atom. The average molecular weight is 498 g/mol. The number of aromatic nitrogens is 3. The van der Waals surface area contributed by atoms with Gasteiger partial charge in [0, 0.05) is 80.3 Å². The number of rotatable bonds is 8. The van der Waals surface area contributed by atoms with Crippen molar-refractivity contribution >= 4 is 18.6 Å². The number of methoxy groups -OCH3 is 1. The molecule has 0 aromatic carbocycles. The second-order valence-corrected chi connectivity index (χ2v) is 10.3. The molecule has 0 unspecified atom stereocenters. The van der Waals surface area contributed by atoms with Gasteiger partial charge in [0.25, 0.3) is 0 Å². The van der Waals surface area contributed by atoms with Gasteiger partial charge in [-0.3, -0.25) is 9.48 Å². The normalized spacial score (nSPS) is 23.8. The number of carbonyl (C=O) groups is 1. The minimum atomic E-state index is -0.226. The van der Waals surface area contributed by atoms with Crippen LogP contribution in [0.2, 0.25) is 0 Å². The van der Waals surface area contributed by atoms with Gasteiger partial charge in [0.1, 0.15) is 0 Å². The third-order valence-electron chi connectivity index (χ3n) is 7.31. The molecule has 1 saturated carbocycles. The Kier molecular flexibility index (Phi) is 8.25. The summed E-state index contributed by atoms with van der Waals surface area (Å²) in [4.78, 5) is 17.8. The Hall–Kier alpha value is -2.98. The first-order valence-electron chi connectivity index (χ1n) is 12.8. The summed E-state index contributed by atoms with van der Waals surface area (Å²) in [6, 6.07) is 2.23. The van der Waals surface area contributed by atoms with Crippen molar-refractivity contribution in [1.29, 1.82) is 0 Å². The minimum Gasteiger partial charge on any atom is -0.393 e. The Morgan fingerprint density at radius 1 is 1.36 bits per heavy atom. The van der Waals surface area contributed by atoms with Crippen LogP contribution in [0.3, 0.4) is 0 Å². The zero-order chi connectivity index (χ0) is 25.8. The van der Waals surface area contributed by atoms with E-state index >= 15 is 0 Å². The lowest BCUT2D eigenvalue weighted by molar-refractivity contribution is -0.126. The van der Waals surface area contributed by atoms with Crippen molar-refractivity contribution in [2.45, 2.75) is 70.6 Å². The molecule has 3 heterocycles. The van der Waals surface area contributed by atoms with Crippen LogP contribution in [0.5, 0.6) is 0 Å². The summed E-state index contributed by atoms with van der Waals surface area (Å²) in [6.45, 7) is 9.78. The van der Waals surface area contributed by atoms with Crippen LogP contribution in [-0.4, -0.2) is 82.5 Å². The van der Waals surface area contributed by atoms with Crippen molar-refractivity contribution in [2.24, 2.45) is 16.0 Å². The number of carbonyl (C=O) groups excluding carboxylic acids is 1. The number of hydrogen-bond donors (Lipinski definition) is 2. The second-order valence-electron chi connectivity index (χ2n) is 10.3. The van der Waals surface area contributed by atoms with Crippen molar-refractivity contribution in [2.75, 3.05) is 27.3 Å². The number of nitrogens with one attached hydrogen (secondary N) is 1. The van der Waals surface area contributed by atoms with Crippen molar-refractivity contribution < 1.29 is 14.6 Å². The van der Waals surface area contributed by atoms with Crippen molar-refractivity contribution in [3.8, 4) is 11.1 Å². The molecular weight excluding hydrogens is 458 g/mol. The van der Waals surface area contributed by atoms with Crippen LogP contribution >= 0.6 is 0 Å². The van der Waals surface area contributed by atoms with Crippen molar-refractivity contribution in [3.05, 3.63) is 29.8 Å². The molecule has 1 amide bonds. The fourth-order valence-electron chi connectivity index (χ4n) is 5.37. The van der Waals surface area contributed by atoms with Gasteiger partial charge in [0.05, 0.1) is 18.9 Å². The van der Waals surface area contributed by atoms with Gasteiger partial charge in [0.2, 0.25) is 11.9 Å². The highest BCUT2D eigenvalue weighted by molar-refractivity contribution is 5.84. The third-order valence-corrected chi connectivity index (χ3v) is 7.31. The third kappa shape index (κ3) is 5.87. The molecule has 2 atom stereocenters. The number of ether oxygens (including phenoxy) is 1. The average Bonchev–Trinajstić information content (AvgIpc) is 3.52. The molecule has 0 bridgehead atoms. The maximum absolute atomic E-state index is 11.9. The van der Waals surface area contributed by atoms with Crippen molar-refractivity contribution in [3.63, 3.8) is 0 Å². The highest BCUT2D eigenvalue weighted by atomic mass is 16.5. The van der Waals surface area contributed by atoms with Gasteiger partial charge in [-0.25, -0.2) is 9.67 Å². The van der Waals surface area contributed by atoms with Crippen LogP contribution in [0.15, 0.2) is 28.6 Å². The molecule has 0 radical (unpaired) electrons. The number of nitrogens with zero attached hydrogens (tertiary/aromatic N) is 6. The van der Waals surface area contributed by atoms with Crippen LogP contribution in [0.1, 0.15) is 56.3 Å². The number of likely N-dealkylation sites (tertiary alicyclic amines) is 1. The maximum atomic E-state index is 11.9. The largest absolute Gasteiger partial charge is 0.393 e. The molecule has 196 valence electrons. The molecule has 10 heteroatoms. The van der Waals surface area contributed by atoms with Gasteiger partial charge in [-0.2, -0.15) is 5.10 Å². The summed E-state index contributed by atoms with van der Waals surface area (Å²) < 4.78 is 9.14. The summed E-state index contributed by atoms with van der Waals surface area (Å²) in [5, 5.41) is 22.8. The van der Waals surface area contributed by atoms with Gasteiger partial charge >= 0.3 is 0 Å². The first-order chi connectivity index (χ1) is 17.3. The van der Waals surface area contributed by atoms with E-state index in [0.717, 1.165) is 54.7 Å². The van der Waals surface area contributed by atoms with E-state index in [1.54, 1.807) is 12.0 Å². The molecule has 36 heavy (non-hydrogen) atoms. The number of hydrogen-bond acceptors (Lipinski definition) is 5. The summed E-state index contributed by atoms with van der Waals surface area (Å²) >= 11 is 0. The zero-order valence-electron chi connectivity index (χ0n) is 21.9. The predicted octanol–water partition coefficient (Wildman–Crippen LogP) is 2.60. The van der Waals surface area contributed by atoms with E-state index in [1.807, 2.05) is 29.5 Å². The van der Waals surface area contributed by atoms with Crippen LogP contribution in [0.25, 0.3) is 11.1 Å². The van der Waals surface area contributed by atoms with Gasteiger partial charge in [-0.1, -0.05) is 0 Å². The van der Waals surface area contributed by atoms with E-state index in [-0.39, 0.29) is 24.0 Å². The first-order valence-corrected chi connectivity index (χ1v) is 12.8. The Balaban J connectivity index is 1.64. The Morgan fingerprint density at radius 3 is 2.75 bits per heavy atom. The minimum absolute atomic E-state index is 0.0302. The number of guanidine groups is 1. The summed E-state index contributed by atoms with van der Waals surface area (Å²) in [5.74, 6) is 1.20. The van der Waals surface area contributed by atoms with E-state index in [2.05, 4.69) is 41.3 Å². The summed E-state index contributed by atoms with van der Waals surface area (Å²) in [5.41, 5.74) is 4.19. The van der Waals surface area contributed by atoms with Crippen LogP contribution in [0.4, 0.5) is 0 Å². The van der Waals surface area contributed by atoms with Gasteiger partial charge in [0.15, 0.2) is 0 Å². The lowest BCUT2D eigenvalue weighted by atomic mass is 9.85. The van der Waals surface area contributed by atoms with Crippen LogP contribution in [-0.2, 0) is 16.1 Å². The van der Waals surface area contributed by atoms with Crippen LogP contribution in [0, 0.1) is 12.8 Å². The number of aliphatic hydroxyl groups is 1. The molecule has 0 spiro atoms. The van der Waals surface area contributed by atoms with E-state index in [0.29, 0.717) is 31.4 Å². The van der Waals surface area contributed by atoms with Gasteiger partial charge in [-0.05, 0) is 52.3 Å². The SMILES string of the molecule is C=N/C(=N\n1c(C)c(-c2cnn(C[C@H]3CC(=O)N(C)C3)c2)cc1[C@H]1CC[C@H](O)CC1)N[C@@H](C)COC. The molecule has 2 aliphatic rings. The molecule has 2 aromatic heterocycles. The molecule has 2 fully saturated rings. The van der Waals surface area contributed by atoms with Gasteiger partial charge in [-0.15, -0.1) is 5.10 Å². The van der Waals surface area contributed by atoms with Gasteiger partial charge < -0.3 is 20.1 Å². The number of aliphatic imine (C=N–C) groups is 1. The molecule has 2 N–H and O–H groups in total. The lowest BCUT2D eigenvalue weighted by Crippen LogP contribution is -2.35. The second kappa shape index (κ2) is 11.4. The molecule has 1 aliphatic carbocycles. The molecule has 4 rings (SSSR count). The van der Waals surface area contributed by atoms with E-state index in [4.69, 9.17) is 9.84 Å². The number of aliphatic hydroxyl groups excluding tert-OH is 1. The predicted molar refractivity (Wildman–Crippen MR) is 140 cm³/mol. The van der Waals surface area contributed by atoms with E-state index in [9.17, 15) is 9.90 Å². The highest BCUT2D eigenvalue weighted by Gasteiger charge is 2.28. The maximum Gasteiger partial charge on any atom is 0.240 e. The molecular formula is C26H39N7O3. The van der Waals surface area contributed by atoms with E-state index in [1.165, 1.54) is 0 Å². The highest BCUT2D eigenvalue weighted by Crippen LogP contribution is 2.38. The smallest absolute Gasteiger partial charge is 0.240 e. The zero-order valence-corrected chi connectivity index (χ0v) is 21.9. The summed E-state index contributed by atoms with van der Waals surface area (Å²) in [7, 11) is 3.52. The monoisotopic (exact) mass is 497 g/mol. The fourth-order valence-corrected chi connectivity index (χ4v) is 5.37.